The zero-order chi connectivity index (χ0) is 22.7. The van der Waals surface area contributed by atoms with E-state index in [1.807, 2.05) is 43.5 Å². The number of nitrogens with zero attached hydrogens (tertiary/aromatic N) is 5. The van der Waals surface area contributed by atoms with Gasteiger partial charge in [0.15, 0.2) is 0 Å². The van der Waals surface area contributed by atoms with Crippen LogP contribution in [0.25, 0.3) is 21.3 Å². The summed E-state index contributed by atoms with van der Waals surface area (Å²) in [5.74, 6) is 0.308. The number of hydrogen-bond donors (Lipinski definition) is 1. The summed E-state index contributed by atoms with van der Waals surface area (Å²) < 4.78 is 3.08. The Morgan fingerprint density at radius 1 is 1.22 bits per heavy atom. The molecule has 4 aromatic rings. The van der Waals surface area contributed by atoms with Gasteiger partial charge in [0.05, 0.1) is 36.4 Å². The Morgan fingerprint density at radius 3 is 2.75 bits per heavy atom. The number of anilines is 1. The van der Waals surface area contributed by atoms with Crippen LogP contribution in [0.1, 0.15) is 24.1 Å². The number of benzene rings is 1. The third-order valence-corrected chi connectivity index (χ3v) is 5.99. The van der Waals surface area contributed by atoms with E-state index in [4.69, 9.17) is 5.26 Å². The van der Waals surface area contributed by atoms with Gasteiger partial charge in [-0.1, -0.05) is 29.8 Å². The van der Waals surface area contributed by atoms with Gasteiger partial charge in [-0.2, -0.15) is 10.4 Å². The number of hydrogen-bond acceptors (Lipinski definition) is 6. The molecular weight excluding hydrogens is 424 g/mol. The largest absolute Gasteiger partial charge is 0.311 e. The quantitative estimate of drug-likeness (QED) is 0.464. The number of aryl methyl sites for hydroxylation is 4. The third kappa shape index (κ3) is 4.45. The van der Waals surface area contributed by atoms with Crippen molar-refractivity contribution in [1.29, 1.82) is 5.26 Å². The predicted octanol–water partition coefficient (Wildman–Crippen LogP) is 3.88. The highest BCUT2D eigenvalue weighted by Crippen LogP contribution is 2.30. The summed E-state index contributed by atoms with van der Waals surface area (Å²) in [6.45, 7) is 4.46. The van der Waals surface area contributed by atoms with Gasteiger partial charge in [-0.3, -0.25) is 14.2 Å². The first-order valence-corrected chi connectivity index (χ1v) is 11.1. The van der Waals surface area contributed by atoms with E-state index in [1.165, 1.54) is 22.2 Å². The first kappa shape index (κ1) is 21.5. The number of aromatic nitrogens is 4. The Labute approximate surface area is 188 Å². The summed E-state index contributed by atoms with van der Waals surface area (Å²) >= 11 is 1.44. The molecule has 8 nitrogen and oxygen atoms in total. The van der Waals surface area contributed by atoms with Crippen LogP contribution >= 0.6 is 11.3 Å². The lowest BCUT2D eigenvalue weighted by molar-refractivity contribution is -0.116. The first-order chi connectivity index (χ1) is 15.5. The van der Waals surface area contributed by atoms with Crippen molar-refractivity contribution in [2.45, 2.75) is 39.8 Å². The molecule has 0 bridgehead atoms. The van der Waals surface area contributed by atoms with E-state index < -0.39 is 0 Å². The van der Waals surface area contributed by atoms with E-state index in [1.54, 1.807) is 10.7 Å². The molecule has 0 aliphatic heterocycles. The van der Waals surface area contributed by atoms with Crippen molar-refractivity contribution in [2.24, 2.45) is 0 Å². The average molecular weight is 447 g/mol. The fourth-order valence-electron chi connectivity index (χ4n) is 3.47. The molecule has 0 unspecified atom stereocenters. The van der Waals surface area contributed by atoms with Crippen LogP contribution in [0.4, 0.5) is 5.82 Å². The van der Waals surface area contributed by atoms with E-state index in [0.717, 1.165) is 22.4 Å². The van der Waals surface area contributed by atoms with E-state index in [-0.39, 0.29) is 24.4 Å². The van der Waals surface area contributed by atoms with Gasteiger partial charge >= 0.3 is 0 Å². The average Bonchev–Trinajstić information content (AvgIpc) is 3.36. The second kappa shape index (κ2) is 9.16. The van der Waals surface area contributed by atoms with Crippen molar-refractivity contribution in [3.8, 4) is 17.2 Å². The van der Waals surface area contributed by atoms with Crippen molar-refractivity contribution < 1.29 is 4.79 Å². The Morgan fingerprint density at radius 2 is 2.00 bits per heavy atom. The second-order valence-electron chi connectivity index (χ2n) is 7.54. The molecule has 0 radical (unpaired) electrons. The number of nitriles is 1. The van der Waals surface area contributed by atoms with Gasteiger partial charge in [0.25, 0.3) is 5.56 Å². The Hall–Kier alpha value is -3.77. The van der Waals surface area contributed by atoms with Crippen LogP contribution in [0.5, 0.6) is 0 Å². The van der Waals surface area contributed by atoms with Gasteiger partial charge in [0, 0.05) is 30.0 Å². The van der Waals surface area contributed by atoms with Gasteiger partial charge in [0.2, 0.25) is 5.91 Å². The molecule has 1 N–H and O–H groups in total. The highest BCUT2D eigenvalue weighted by atomic mass is 32.1. The molecule has 0 saturated heterocycles. The Bertz CT molecular complexity index is 1370. The number of fused-ring (bicyclic) bond motifs is 1. The summed E-state index contributed by atoms with van der Waals surface area (Å²) in [5.41, 5.74) is 3.58. The van der Waals surface area contributed by atoms with Gasteiger partial charge in [-0.25, -0.2) is 9.67 Å². The normalized spacial score (nSPS) is 10.9. The molecule has 3 aromatic heterocycles. The molecule has 32 heavy (non-hydrogen) atoms. The lowest BCUT2D eigenvalue weighted by Gasteiger charge is -2.09. The maximum atomic E-state index is 13.2. The molecule has 9 heteroatoms. The Balaban J connectivity index is 1.52. The third-order valence-electron chi connectivity index (χ3n) is 5.11. The molecule has 0 saturated carbocycles. The Kier molecular flexibility index (Phi) is 6.14. The molecule has 1 amide bonds. The zero-order valence-electron chi connectivity index (χ0n) is 17.8. The van der Waals surface area contributed by atoms with Crippen molar-refractivity contribution in [1.82, 2.24) is 19.3 Å². The minimum Gasteiger partial charge on any atom is -0.311 e. The molecule has 1 aromatic carbocycles. The molecule has 0 aliphatic carbocycles. The number of rotatable bonds is 7. The summed E-state index contributed by atoms with van der Waals surface area (Å²) in [6.07, 6.45) is 1.91. The maximum Gasteiger partial charge on any atom is 0.262 e. The molecular formula is C23H22N6O2S. The number of carbonyl (C=O) groups is 1. The summed E-state index contributed by atoms with van der Waals surface area (Å²) in [6, 6.07) is 11.9. The lowest BCUT2D eigenvalue weighted by atomic mass is 10.1. The number of thiophene rings is 1. The molecule has 162 valence electrons. The van der Waals surface area contributed by atoms with Crippen molar-refractivity contribution in [3.63, 3.8) is 0 Å². The van der Waals surface area contributed by atoms with Crippen LogP contribution < -0.4 is 10.9 Å². The fraction of sp³-hybridized carbons (Fsp3) is 0.261. The van der Waals surface area contributed by atoms with Gasteiger partial charge in [0.1, 0.15) is 10.6 Å². The number of nitrogens with one attached hydrogen (secondary N) is 1. The number of amides is 1. The van der Waals surface area contributed by atoms with Crippen LogP contribution in [0, 0.1) is 25.2 Å². The minimum absolute atomic E-state index is 0.111. The molecule has 0 aliphatic rings. The van der Waals surface area contributed by atoms with Crippen molar-refractivity contribution >= 4 is 33.3 Å². The molecule has 4 rings (SSSR count). The number of carbonyl (C=O) groups excluding carboxylic acids is 1. The van der Waals surface area contributed by atoms with Crippen molar-refractivity contribution in [2.75, 3.05) is 5.32 Å². The standard InChI is InChI=1S/C23H22N6O2S/c1-15-4-6-17(7-5-15)18-13-32-22-21(18)23(31)28(14-25-22)11-8-20(30)26-19-12-16(2)27-29(19)10-3-9-24/h4-7,12-14H,3,8,10-11H2,1-2H3,(H,26,30). The maximum absolute atomic E-state index is 13.2. The molecule has 0 fully saturated rings. The van der Waals surface area contributed by atoms with Crippen molar-refractivity contribution in [3.05, 3.63) is 63.7 Å². The van der Waals surface area contributed by atoms with E-state index in [0.29, 0.717) is 29.0 Å². The molecule has 3 heterocycles. The molecule has 0 spiro atoms. The summed E-state index contributed by atoms with van der Waals surface area (Å²) in [5, 5.41) is 18.4. The van der Waals surface area contributed by atoms with Crippen LogP contribution in [0.2, 0.25) is 0 Å². The monoisotopic (exact) mass is 446 g/mol. The van der Waals surface area contributed by atoms with Crippen LogP contribution in [-0.4, -0.2) is 25.2 Å². The van der Waals surface area contributed by atoms with Crippen LogP contribution in [-0.2, 0) is 17.9 Å². The lowest BCUT2D eigenvalue weighted by Crippen LogP contribution is -2.24. The minimum atomic E-state index is -0.237. The van der Waals surface area contributed by atoms with Gasteiger partial charge in [-0.05, 0) is 19.4 Å². The van der Waals surface area contributed by atoms with E-state index in [9.17, 15) is 9.59 Å². The first-order valence-electron chi connectivity index (χ1n) is 10.2. The molecule has 0 atom stereocenters. The highest BCUT2D eigenvalue weighted by molar-refractivity contribution is 7.17. The summed E-state index contributed by atoms with van der Waals surface area (Å²) in [7, 11) is 0. The topological polar surface area (TPSA) is 106 Å². The SMILES string of the molecule is Cc1ccc(-c2csc3ncn(CCC(=O)Nc4cc(C)nn4CCC#N)c(=O)c23)cc1. The highest BCUT2D eigenvalue weighted by Gasteiger charge is 2.15. The van der Waals surface area contributed by atoms with Crippen LogP contribution in [0.15, 0.2) is 46.8 Å². The smallest absolute Gasteiger partial charge is 0.262 e. The fourth-order valence-corrected chi connectivity index (χ4v) is 4.38. The zero-order valence-corrected chi connectivity index (χ0v) is 18.6. The van der Waals surface area contributed by atoms with E-state index in [2.05, 4.69) is 21.5 Å². The predicted molar refractivity (Wildman–Crippen MR) is 124 cm³/mol. The van der Waals surface area contributed by atoms with Crippen LogP contribution in [0.3, 0.4) is 0 Å². The van der Waals surface area contributed by atoms with Gasteiger partial charge in [-0.15, -0.1) is 11.3 Å². The summed E-state index contributed by atoms with van der Waals surface area (Å²) in [4.78, 5) is 30.8. The van der Waals surface area contributed by atoms with Gasteiger partial charge < -0.3 is 5.32 Å². The van der Waals surface area contributed by atoms with E-state index >= 15 is 0 Å². The second-order valence-corrected chi connectivity index (χ2v) is 8.40.